The van der Waals surface area contributed by atoms with Crippen molar-refractivity contribution < 1.29 is 14.3 Å². The predicted octanol–water partition coefficient (Wildman–Crippen LogP) is 2.15. The Hall–Kier alpha value is -2.12. The Morgan fingerprint density at radius 2 is 2.30 bits per heavy atom. The first-order valence-electron chi connectivity index (χ1n) is 9.21. The zero-order valence-corrected chi connectivity index (χ0v) is 16.4. The maximum atomic E-state index is 12.1. The van der Waals surface area contributed by atoms with E-state index < -0.39 is 0 Å². The van der Waals surface area contributed by atoms with Gasteiger partial charge >= 0.3 is 0 Å². The normalized spacial score (nSPS) is 17.7. The smallest absolute Gasteiger partial charge is 0.248 e. The van der Waals surface area contributed by atoms with E-state index in [0.717, 1.165) is 16.9 Å². The van der Waals surface area contributed by atoms with Crippen LogP contribution in [0.2, 0.25) is 5.02 Å². The monoisotopic (exact) mass is 392 g/mol. The molecule has 27 heavy (non-hydrogen) atoms. The molecule has 146 valence electrons. The molecule has 1 unspecified atom stereocenters. The van der Waals surface area contributed by atoms with Gasteiger partial charge < -0.3 is 19.9 Å². The molecular formula is C19H25ClN4O3. The van der Waals surface area contributed by atoms with Crippen molar-refractivity contribution in [2.75, 3.05) is 26.2 Å². The summed E-state index contributed by atoms with van der Waals surface area (Å²) in [7, 11) is 0. The number of ether oxygens (including phenoxy) is 1. The van der Waals surface area contributed by atoms with E-state index in [2.05, 4.69) is 29.1 Å². The quantitative estimate of drug-likeness (QED) is 0.755. The topological polar surface area (TPSA) is 87.3 Å². The molecule has 0 spiro atoms. The van der Waals surface area contributed by atoms with E-state index in [1.807, 2.05) is 17.0 Å². The van der Waals surface area contributed by atoms with Crippen LogP contribution in [0.1, 0.15) is 26.1 Å². The first-order valence-corrected chi connectivity index (χ1v) is 9.58. The third kappa shape index (κ3) is 5.43. The van der Waals surface area contributed by atoms with E-state index in [1.165, 1.54) is 0 Å². The van der Waals surface area contributed by atoms with Gasteiger partial charge in [0.1, 0.15) is 12.4 Å². The van der Waals surface area contributed by atoms with Crippen LogP contribution in [0.3, 0.4) is 0 Å². The Morgan fingerprint density at radius 1 is 1.48 bits per heavy atom. The maximum Gasteiger partial charge on any atom is 0.248 e. The van der Waals surface area contributed by atoms with Gasteiger partial charge in [-0.05, 0) is 24.1 Å². The van der Waals surface area contributed by atoms with Crippen molar-refractivity contribution in [2.24, 2.45) is 5.92 Å². The summed E-state index contributed by atoms with van der Waals surface area (Å²) in [6, 6.07) is 5.46. The summed E-state index contributed by atoms with van der Waals surface area (Å²) in [5.41, 5.74) is 1.70. The zero-order chi connectivity index (χ0) is 19.4. The van der Waals surface area contributed by atoms with Gasteiger partial charge in [0.25, 0.3) is 0 Å². The van der Waals surface area contributed by atoms with Gasteiger partial charge in [0.15, 0.2) is 0 Å². The molecule has 1 aromatic carbocycles. The van der Waals surface area contributed by atoms with Crippen LogP contribution in [0.4, 0.5) is 0 Å². The van der Waals surface area contributed by atoms with Crippen LogP contribution in [0.5, 0.6) is 0 Å². The number of aromatic amines is 1. The van der Waals surface area contributed by atoms with Gasteiger partial charge in [0.2, 0.25) is 11.8 Å². The highest BCUT2D eigenvalue weighted by Crippen LogP contribution is 2.17. The van der Waals surface area contributed by atoms with Crippen molar-refractivity contribution in [1.29, 1.82) is 0 Å². The molecule has 1 aromatic heterocycles. The van der Waals surface area contributed by atoms with Crippen molar-refractivity contribution >= 4 is 34.4 Å². The fraction of sp³-hybridized carbons (Fsp3) is 0.526. The third-order valence-electron chi connectivity index (χ3n) is 4.41. The number of hydrogen-bond donors (Lipinski definition) is 2. The zero-order valence-electron chi connectivity index (χ0n) is 15.6. The van der Waals surface area contributed by atoms with Gasteiger partial charge in [0, 0.05) is 37.5 Å². The van der Waals surface area contributed by atoms with Gasteiger partial charge in [0.05, 0.1) is 17.1 Å². The van der Waals surface area contributed by atoms with Crippen LogP contribution in [-0.4, -0.2) is 59.0 Å². The minimum absolute atomic E-state index is 0.0104. The van der Waals surface area contributed by atoms with Crippen molar-refractivity contribution in [3.05, 3.63) is 29.0 Å². The highest BCUT2D eigenvalue weighted by Gasteiger charge is 2.26. The van der Waals surface area contributed by atoms with Crippen molar-refractivity contribution in [3.8, 4) is 0 Å². The standard InChI is InChI=1S/C19H25ClN4O3/c1-12(2)9-24-10-14(27-11-19(24)26)8-21-18(25)6-5-17-22-15-4-3-13(20)7-16(15)23-17/h3-4,7,12,14H,5-6,8-11H2,1-2H3,(H,21,25)(H,22,23). The lowest BCUT2D eigenvalue weighted by Crippen LogP contribution is -2.51. The number of nitrogens with zero attached hydrogens (tertiary/aromatic N) is 2. The highest BCUT2D eigenvalue weighted by atomic mass is 35.5. The fourth-order valence-electron chi connectivity index (χ4n) is 3.12. The molecule has 1 saturated heterocycles. The highest BCUT2D eigenvalue weighted by molar-refractivity contribution is 6.31. The van der Waals surface area contributed by atoms with Crippen LogP contribution in [0.15, 0.2) is 18.2 Å². The second-order valence-electron chi connectivity index (χ2n) is 7.27. The molecule has 1 aliphatic heterocycles. The number of amides is 2. The number of imidazole rings is 1. The Bertz CT molecular complexity index is 820. The number of aromatic nitrogens is 2. The second-order valence-corrected chi connectivity index (χ2v) is 7.71. The number of H-pyrrole nitrogens is 1. The van der Waals surface area contributed by atoms with Gasteiger partial charge in [-0.2, -0.15) is 0 Å². The molecule has 2 amide bonds. The lowest BCUT2D eigenvalue weighted by atomic mass is 10.1. The average molecular weight is 393 g/mol. The first-order chi connectivity index (χ1) is 12.9. The van der Waals surface area contributed by atoms with Crippen LogP contribution < -0.4 is 5.32 Å². The van der Waals surface area contributed by atoms with Crippen LogP contribution in [0, 0.1) is 5.92 Å². The Labute approximate surface area is 163 Å². The van der Waals surface area contributed by atoms with E-state index in [-0.39, 0.29) is 24.5 Å². The van der Waals surface area contributed by atoms with Gasteiger partial charge in [-0.1, -0.05) is 25.4 Å². The number of rotatable bonds is 7. The van der Waals surface area contributed by atoms with E-state index in [4.69, 9.17) is 16.3 Å². The van der Waals surface area contributed by atoms with Gasteiger partial charge in [-0.3, -0.25) is 9.59 Å². The van der Waals surface area contributed by atoms with E-state index >= 15 is 0 Å². The molecular weight excluding hydrogens is 368 g/mol. The van der Waals surface area contributed by atoms with E-state index in [9.17, 15) is 9.59 Å². The van der Waals surface area contributed by atoms with Crippen molar-refractivity contribution in [1.82, 2.24) is 20.2 Å². The van der Waals surface area contributed by atoms with Gasteiger partial charge in [-0.15, -0.1) is 0 Å². The molecule has 0 radical (unpaired) electrons. The number of fused-ring (bicyclic) bond motifs is 1. The summed E-state index contributed by atoms with van der Waals surface area (Å²) in [5.74, 6) is 1.10. The van der Waals surface area contributed by atoms with Crippen LogP contribution in [-0.2, 0) is 20.7 Å². The number of benzene rings is 1. The minimum atomic E-state index is -0.168. The molecule has 0 aliphatic carbocycles. The molecule has 3 rings (SSSR count). The van der Waals surface area contributed by atoms with Crippen molar-refractivity contribution in [3.63, 3.8) is 0 Å². The Morgan fingerprint density at radius 3 is 3.07 bits per heavy atom. The lowest BCUT2D eigenvalue weighted by molar-refractivity contribution is -0.149. The molecule has 0 bridgehead atoms. The molecule has 1 fully saturated rings. The number of carbonyl (C=O) groups excluding carboxylic acids is 2. The summed E-state index contributed by atoms with van der Waals surface area (Å²) in [6.07, 6.45) is 0.676. The largest absolute Gasteiger partial charge is 0.365 e. The molecule has 1 atom stereocenters. The third-order valence-corrected chi connectivity index (χ3v) is 4.65. The fourth-order valence-corrected chi connectivity index (χ4v) is 3.29. The maximum absolute atomic E-state index is 12.1. The number of aryl methyl sites for hydroxylation is 1. The SMILES string of the molecule is CC(C)CN1CC(CNC(=O)CCc2nc3ccc(Cl)cc3[nH]2)OCC1=O. The minimum Gasteiger partial charge on any atom is -0.365 e. The number of carbonyl (C=O) groups is 2. The number of halogens is 1. The van der Waals surface area contributed by atoms with Gasteiger partial charge in [-0.25, -0.2) is 4.98 Å². The molecule has 2 aromatic rings. The van der Waals surface area contributed by atoms with E-state index in [0.29, 0.717) is 43.4 Å². The summed E-state index contributed by atoms with van der Waals surface area (Å²) in [4.78, 5) is 33.5. The molecule has 7 nitrogen and oxygen atoms in total. The van der Waals surface area contributed by atoms with Crippen molar-refractivity contribution in [2.45, 2.75) is 32.8 Å². The Kier molecular flexibility index (Phi) is 6.34. The summed E-state index contributed by atoms with van der Waals surface area (Å²) in [6.45, 7) is 5.85. The van der Waals surface area contributed by atoms with Crippen LogP contribution >= 0.6 is 11.6 Å². The Balaban J connectivity index is 1.44. The summed E-state index contributed by atoms with van der Waals surface area (Å²) < 4.78 is 5.53. The van der Waals surface area contributed by atoms with E-state index in [1.54, 1.807) is 6.07 Å². The molecule has 0 saturated carbocycles. The number of hydrogen-bond acceptors (Lipinski definition) is 4. The second kappa shape index (κ2) is 8.71. The summed E-state index contributed by atoms with van der Waals surface area (Å²) >= 11 is 5.97. The predicted molar refractivity (Wildman–Crippen MR) is 104 cm³/mol. The molecule has 2 N–H and O–H groups in total. The number of nitrogens with one attached hydrogen (secondary N) is 2. The lowest BCUT2D eigenvalue weighted by Gasteiger charge is -2.33. The molecule has 8 heteroatoms. The molecule has 2 heterocycles. The van der Waals surface area contributed by atoms with Crippen LogP contribution in [0.25, 0.3) is 11.0 Å². The first kappa shape index (κ1) is 19.6. The number of morpholine rings is 1. The average Bonchev–Trinajstić information content (AvgIpc) is 3.02. The molecule has 1 aliphatic rings. The summed E-state index contributed by atoms with van der Waals surface area (Å²) in [5, 5.41) is 3.54.